The van der Waals surface area contributed by atoms with E-state index in [0.29, 0.717) is 17.9 Å². The highest BCUT2D eigenvalue weighted by Crippen LogP contribution is 2.22. The molecule has 0 aliphatic rings. The molecule has 0 N–H and O–H groups in total. The first-order chi connectivity index (χ1) is 11.2. The van der Waals surface area contributed by atoms with Crippen LogP contribution in [0.3, 0.4) is 0 Å². The van der Waals surface area contributed by atoms with E-state index in [0.717, 1.165) is 16.9 Å². The van der Waals surface area contributed by atoms with Crippen LogP contribution in [0.4, 0.5) is 0 Å². The number of methoxy groups -OCH3 is 1. The van der Waals surface area contributed by atoms with Crippen LogP contribution in [0.5, 0.6) is 5.75 Å². The molecule has 0 atom stereocenters. The van der Waals surface area contributed by atoms with Crippen LogP contribution < -0.4 is 4.74 Å². The number of hydrogen-bond donors (Lipinski definition) is 0. The molecule has 0 amide bonds. The maximum Gasteiger partial charge on any atom is 0.180 e. The summed E-state index contributed by atoms with van der Waals surface area (Å²) < 4.78 is 6.80. The van der Waals surface area contributed by atoms with Crippen molar-refractivity contribution < 1.29 is 9.53 Å². The van der Waals surface area contributed by atoms with Crippen molar-refractivity contribution in [3.63, 3.8) is 0 Å². The van der Waals surface area contributed by atoms with E-state index in [9.17, 15) is 4.79 Å². The predicted molar refractivity (Wildman–Crippen MR) is 87.6 cm³/mol. The van der Waals surface area contributed by atoms with Crippen LogP contribution >= 0.6 is 0 Å². The van der Waals surface area contributed by atoms with Crippen molar-refractivity contribution in [3.8, 4) is 17.0 Å². The minimum atomic E-state index is -0.0534. The first kappa shape index (κ1) is 15.0. The Hall–Kier alpha value is -2.95. The van der Waals surface area contributed by atoms with E-state index >= 15 is 0 Å². The van der Waals surface area contributed by atoms with Gasteiger partial charge in [0.1, 0.15) is 17.1 Å². The number of ether oxygens (including phenoxy) is 1. The topological polar surface area (TPSA) is 57.0 Å². The molecule has 0 aliphatic heterocycles. The number of rotatable bonds is 5. The molecule has 0 radical (unpaired) electrons. The molecule has 0 bridgehead atoms. The second-order valence-corrected chi connectivity index (χ2v) is 5.21. The molecule has 5 nitrogen and oxygen atoms in total. The monoisotopic (exact) mass is 307 g/mol. The molecule has 0 saturated heterocycles. The molecule has 1 aromatic heterocycles. The number of Topliss-reactive ketones (excluding diaryl/α,β-unsaturated/α-hetero) is 1. The van der Waals surface area contributed by atoms with Gasteiger partial charge in [0.2, 0.25) is 0 Å². The van der Waals surface area contributed by atoms with E-state index in [2.05, 4.69) is 10.3 Å². The van der Waals surface area contributed by atoms with Gasteiger partial charge < -0.3 is 4.74 Å². The molecule has 1 heterocycles. The van der Waals surface area contributed by atoms with Crippen LogP contribution in [-0.2, 0) is 6.54 Å². The predicted octanol–water partition coefficient (Wildman–Crippen LogP) is 3.20. The standard InChI is InChI=1S/C18H17N3O2/c1-13(22)18-17(15-6-4-3-5-7-15)19-20-21(18)12-14-8-10-16(23-2)11-9-14/h3-11H,12H2,1-2H3. The lowest BCUT2D eigenvalue weighted by molar-refractivity contribution is 0.100. The number of ketones is 1. The van der Waals surface area contributed by atoms with Crippen molar-refractivity contribution in [1.82, 2.24) is 15.0 Å². The van der Waals surface area contributed by atoms with Gasteiger partial charge in [-0.05, 0) is 17.7 Å². The average Bonchev–Trinajstić information content (AvgIpc) is 3.00. The Kier molecular flexibility index (Phi) is 4.19. The summed E-state index contributed by atoms with van der Waals surface area (Å²) in [7, 11) is 1.63. The first-order valence-corrected chi connectivity index (χ1v) is 7.32. The molecule has 2 aromatic carbocycles. The van der Waals surface area contributed by atoms with Gasteiger partial charge in [-0.25, -0.2) is 4.68 Å². The average molecular weight is 307 g/mol. The van der Waals surface area contributed by atoms with E-state index in [1.807, 2.05) is 54.6 Å². The van der Waals surface area contributed by atoms with Crippen LogP contribution in [0.15, 0.2) is 54.6 Å². The lowest BCUT2D eigenvalue weighted by Gasteiger charge is -2.06. The van der Waals surface area contributed by atoms with Crippen LogP contribution in [0.25, 0.3) is 11.3 Å². The maximum absolute atomic E-state index is 12.1. The number of carbonyl (C=O) groups excluding carboxylic acids is 1. The molecule has 0 fully saturated rings. The van der Waals surface area contributed by atoms with Gasteiger partial charge in [0, 0.05) is 12.5 Å². The maximum atomic E-state index is 12.1. The summed E-state index contributed by atoms with van der Waals surface area (Å²) in [5.41, 5.74) is 3.05. The van der Waals surface area contributed by atoms with Crippen LogP contribution in [0.1, 0.15) is 23.0 Å². The van der Waals surface area contributed by atoms with Crippen LogP contribution in [0, 0.1) is 0 Å². The fraction of sp³-hybridized carbons (Fsp3) is 0.167. The van der Waals surface area contributed by atoms with Gasteiger partial charge >= 0.3 is 0 Å². The van der Waals surface area contributed by atoms with Gasteiger partial charge in [0.25, 0.3) is 0 Å². The molecule has 23 heavy (non-hydrogen) atoms. The van der Waals surface area contributed by atoms with Crippen molar-refractivity contribution in [2.45, 2.75) is 13.5 Å². The van der Waals surface area contributed by atoms with Crippen LogP contribution in [0.2, 0.25) is 0 Å². The van der Waals surface area contributed by atoms with Crippen molar-refractivity contribution in [1.29, 1.82) is 0 Å². The number of carbonyl (C=O) groups is 1. The van der Waals surface area contributed by atoms with Gasteiger partial charge in [-0.15, -0.1) is 5.10 Å². The second kappa shape index (κ2) is 6.44. The highest BCUT2D eigenvalue weighted by atomic mass is 16.5. The third-order valence-electron chi connectivity index (χ3n) is 3.61. The smallest absolute Gasteiger partial charge is 0.180 e. The Labute approximate surface area is 134 Å². The van der Waals surface area contributed by atoms with Gasteiger partial charge in [0.15, 0.2) is 5.78 Å². The number of nitrogens with zero attached hydrogens (tertiary/aromatic N) is 3. The molecule has 0 aliphatic carbocycles. The Bertz CT molecular complexity index is 808. The number of aromatic nitrogens is 3. The molecule has 0 unspecified atom stereocenters. The van der Waals surface area contributed by atoms with Gasteiger partial charge in [-0.3, -0.25) is 4.79 Å². The Balaban J connectivity index is 1.96. The van der Waals surface area contributed by atoms with Gasteiger partial charge in [0.05, 0.1) is 13.7 Å². The third-order valence-corrected chi connectivity index (χ3v) is 3.61. The highest BCUT2D eigenvalue weighted by molar-refractivity contribution is 5.98. The Morgan fingerprint density at radius 1 is 1.09 bits per heavy atom. The van der Waals surface area contributed by atoms with Gasteiger partial charge in [-0.2, -0.15) is 0 Å². The number of benzene rings is 2. The van der Waals surface area contributed by atoms with Crippen molar-refractivity contribution in [3.05, 3.63) is 65.9 Å². The molecular weight excluding hydrogens is 290 g/mol. The van der Waals surface area contributed by atoms with E-state index in [4.69, 9.17) is 4.74 Å². The molecule has 3 rings (SSSR count). The Morgan fingerprint density at radius 2 is 1.78 bits per heavy atom. The summed E-state index contributed by atoms with van der Waals surface area (Å²) in [6.45, 7) is 2.02. The van der Waals surface area contributed by atoms with Gasteiger partial charge in [-0.1, -0.05) is 47.7 Å². The molecular formula is C18H17N3O2. The van der Waals surface area contributed by atoms with E-state index in [1.54, 1.807) is 11.8 Å². The minimum Gasteiger partial charge on any atom is -0.497 e. The molecule has 116 valence electrons. The van der Waals surface area contributed by atoms with Crippen LogP contribution in [-0.4, -0.2) is 27.9 Å². The molecule has 0 spiro atoms. The zero-order valence-electron chi connectivity index (χ0n) is 13.1. The Morgan fingerprint density at radius 3 is 2.39 bits per heavy atom. The minimum absolute atomic E-state index is 0.0534. The third kappa shape index (κ3) is 3.13. The highest BCUT2D eigenvalue weighted by Gasteiger charge is 2.18. The van der Waals surface area contributed by atoms with Crippen molar-refractivity contribution >= 4 is 5.78 Å². The summed E-state index contributed by atoms with van der Waals surface area (Å²) in [5.74, 6) is 0.742. The molecule has 3 aromatic rings. The first-order valence-electron chi connectivity index (χ1n) is 7.32. The van der Waals surface area contributed by atoms with Crippen molar-refractivity contribution in [2.75, 3.05) is 7.11 Å². The zero-order valence-corrected chi connectivity index (χ0v) is 13.1. The fourth-order valence-electron chi connectivity index (χ4n) is 2.47. The van der Waals surface area contributed by atoms with E-state index < -0.39 is 0 Å². The largest absolute Gasteiger partial charge is 0.497 e. The summed E-state index contributed by atoms with van der Waals surface area (Å²) in [6, 6.07) is 17.3. The lowest BCUT2D eigenvalue weighted by Crippen LogP contribution is -2.10. The fourth-order valence-corrected chi connectivity index (χ4v) is 2.47. The second-order valence-electron chi connectivity index (χ2n) is 5.21. The molecule has 5 heteroatoms. The molecule has 0 saturated carbocycles. The lowest BCUT2D eigenvalue weighted by atomic mass is 10.1. The van der Waals surface area contributed by atoms with Crippen molar-refractivity contribution in [2.24, 2.45) is 0 Å². The summed E-state index contributed by atoms with van der Waals surface area (Å²) in [5, 5.41) is 8.37. The summed E-state index contributed by atoms with van der Waals surface area (Å²) in [4.78, 5) is 12.1. The van der Waals surface area contributed by atoms with E-state index in [-0.39, 0.29) is 5.78 Å². The normalized spacial score (nSPS) is 10.5. The summed E-state index contributed by atoms with van der Waals surface area (Å²) >= 11 is 0. The van der Waals surface area contributed by atoms with E-state index in [1.165, 1.54) is 6.92 Å². The quantitative estimate of drug-likeness (QED) is 0.679. The SMILES string of the molecule is COc1ccc(Cn2nnc(-c3ccccc3)c2C(C)=O)cc1. The number of hydrogen-bond acceptors (Lipinski definition) is 4. The summed E-state index contributed by atoms with van der Waals surface area (Å²) in [6.07, 6.45) is 0. The zero-order chi connectivity index (χ0) is 16.2.